The third kappa shape index (κ3) is 5.49. The number of fused-ring (bicyclic) bond motifs is 1. The fourth-order valence-electron chi connectivity index (χ4n) is 3.34. The highest BCUT2D eigenvalue weighted by molar-refractivity contribution is 6.04. The molecule has 3 rings (SSSR count). The molecule has 2 N–H and O–H groups in total. The van der Waals surface area contributed by atoms with Crippen LogP contribution >= 0.6 is 0 Å². The van der Waals surface area contributed by atoms with Gasteiger partial charge in [-0.2, -0.15) is 0 Å². The van der Waals surface area contributed by atoms with Crippen molar-refractivity contribution in [2.75, 3.05) is 30.3 Å². The first-order chi connectivity index (χ1) is 14.9. The number of anilines is 2. The maximum absolute atomic E-state index is 12.9. The van der Waals surface area contributed by atoms with Gasteiger partial charge in [0.1, 0.15) is 0 Å². The van der Waals surface area contributed by atoms with E-state index in [9.17, 15) is 9.59 Å². The van der Waals surface area contributed by atoms with Crippen LogP contribution in [0, 0.1) is 5.92 Å². The number of nitrogens with one attached hydrogen (secondary N) is 2. The van der Waals surface area contributed by atoms with Gasteiger partial charge in [-0.3, -0.25) is 14.9 Å². The van der Waals surface area contributed by atoms with Crippen molar-refractivity contribution in [3.05, 3.63) is 54.1 Å². The second kappa shape index (κ2) is 10.2. The number of hydrogen-bond acceptors (Lipinski definition) is 4. The first-order valence-corrected chi connectivity index (χ1v) is 10.8. The van der Waals surface area contributed by atoms with E-state index in [0.717, 1.165) is 37.2 Å². The maximum Gasteiger partial charge on any atom is 0.257 e. The first-order valence-electron chi connectivity index (χ1n) is 10.8. The van der Waals surface area contributed by atoms with Crippen molar-refractivity contribution in [1.82, 2.24) is 14.5 Å². The van der Waals surface area contributed by atoms with Gasteiger partial charge in [0.05, 0.1) is 11.0 Å². The van der Waals surface area contributed by atoms with Crippen LogP contribution in [0.4, 0.5) is 11.6 Å². The third-order valence-corrected chi connectivity index (χ3v) is 5.35. The number of carbonyl (C=O) groups is 2. The number of benzene rings is 2. The quantitative estimate of drug-likeness (QED) is 0.542. The van der Waals surface area contributed by atoms with E-state index in [2.05, 4.69) is 38.9 Å². The van der Waals surface area contributed by atoms with E-state index in [1.807, 2.05) is 38.1 Å². The minimum atomic E-state index is -0.235. The van der Waals surface area contributed by atoms with Crippen molar-refractivity contribution in [3.8, 4) is 0 Å². The number of hydrogen-bond donors (Lipinski definition) is 2. The lowest BCUT2D eigenvalue weighted by atomic mass is 10.1. The number of rotatable bonds is 9. The zero-order valence-corrected chi connectivity index (χ0v) is 18.7. The van der Waals surface area contributed by atoms with Crippen LogP contribution in [0.25, 0.3) is 11.0 Å². The van der Waals surface area contributed by atoms with E-state index in [1.54, 1.807) is 24.3 Å². The molecule has 0 spiro atoms. The minimum Gasteiger partial charge on any atom is -0.326 e. The molecule has 164 valence electrons. The lowest BCUT2D eigenvalue weighted by Crippen LogP contribution is -2.27. The summed E-state index contributed by atoms with van der Waals surface area (Å²) in [7, 11) is 0. The maximum atomic E-state index is 12.9. The van der Waals surface area contributed by atoms with Crippen LogP contribution in [0.15, 0.2) is 48.5 Å². The van der Waals surface area contributed by atoms with E-state index in [-0.39, 0.29) is 17.7 Å². The van der Waals surface area contributed by atoms with Gasteiger partial charge in [0, 0.05) is 30.3 Å². The average molecular weight is 422 g/mol. The molecule has 0 saturated carbocycles. The van der Waals surface area contributed by atoms with E-state index in [0.29, 0.717) is 17.2 Å². The summed E-state index contributed by atoms with van der Waals surface area (Å²) in [4.78, 5) is 31.7. The SMILES string of the molecule is CCN(CC)CCn1c(NC(=O)c2ccc(NC(=O)C(C)C)cc2)nc2ccccc21. The van der Waals surface area contributed by atoms with Crippen LogP contribution in [0.2, 0.25) is 0 Å². The van der Waals surface area contributed by atoms with Crippen LogP contribution in [0.3, 0.4) is 0 Å². The molecule has 0 aliphatic rings. The third-order valence-electron chi connectivity index (χ3n) is 5.35. The Balaban J connectivity index is 1.78. The van der Waals surface area contributed by atoms with Gasteiger partial charge >= 0.3 is 0 Å². The predicted octanol–water partition coefficient (Wildman–Crippen LogP) is 4.22. The Kier molecular flexibility index (Phi) is 7.41. The van der Waals surface area contributed by atoms with Gasteiger partial charge in [-0.15, -0.1) is 0 Å². The molecule has 31 heavy (non-hydrogen) atoms. The zero-order valence-electron chi connectivity index (χ0n) is 18.7. The Morgan fingerprint density at radius 2 is 1.68 bits per heavy atom. The van der Waals surface area contributed by atoms with Crippen molar-refractivity contribution in [2.45, 2.75) is 34.2 Å². The highest BCUT2D eigenvalue weighted by Gasteiger charge is 2.15. The summed E-state index contributed by atoms with van der Waals surface area (Å²) < 4.78 is 2.06. The summed E-state index contributed by atoms with van der Waals surface area (Å²) in [5, 5.41) is 5.79. The van der Waals surface area contributed by atoms with Gasteiger partial charge in [-0.1, -0.05) is 39.8 Å². The average Bonchev–Trinajstić information content (AvgIpc) is 3.11. The minimum absolute atomic E-state index is 0.0564. The molecule has 7 heteroatoms. The van der Waals surface area contributed by atoms with Crippen LogP contribution < -0.4 is 10.6 Å². The molecule has 1 heterocycles. The molecule has 0 atom stereocenters. The molecule has 0 aliphatic carbocycles. The standard InChI is InChI=1S/C24H31N5O2/c1-5-28(6-2)15-16-29-21-10-8-7-9-20(21)26-24(29)27-23(31)18-11-13-19(14-12-18)25-22(30)17(3)4/h7-14,17H,5-6,15-16H2,1-4H3,(H,25,30)(H,26,27,31). The smallest absolute Gasteiger partial charge is 0.257 e. The lowest BCUT2D eigenvalue weighted by molar-refractivity contribution is -0.118. The molecule has 0 unspecified atom stereocenters. The number of carbonyl (C=O) groups excluding carboxylic acids is 2. The fraction of sp³-hybridized carbons (Fsp3) is 0.375. The van der Waals surface area contributed by atoms with Crippen molar-refractivity contribution in [1.29, 1.82) is 0 Å². The van der Waals surface area contributed by atoms with Gasteiger partial charge in [0.15, 0.2) is 0 Å². The normalized spacial score (nSPS) is 11.3. The summed E-state index contributed by atoms with van der Waals surface area (Å²) in [6.45, 7) is 11.5. The first kappa shape index (κ1) is 22.5. The summed E-state index contributed by atoms with van der Waals surface area (Å²) >= 11 is 0. The molecule has 0 bridgehead atoms. The molecule has 0 fully saturated rings. The van der Waals surface area contributed by atoms with Crippen molar-refractivity contribution >= 4 is 34.5 Å². The van der Waals surface area contributed by atoms with Crippen LogP contribution in [-0.2, 0) is 11.3 Å². The number of nitrogens with zero attached hydrogens (tertiary/aromatic N) is 3. The van der Waals surface area contributed by atoms with Gasteiger partial charge in [-0.05, 0) is 49.5 Å². The molecule has 0 aliphatic heterocycles. The summed E-state index contributed by atoms with van der Waals surface area (Å²) in [5.74, 6) is 0.142. The highest BCUT2D eigenvalue weighted by Crippen LogP contribution is 2.21. The predicted molar refractivity (Wildman–Crippen MR) is 125 cm³/mol. The Morgan fingerprint density at radius 3 is 2.32 bits per heavy atom. The summed E-state index contributed by atoms with van der Waals surface area (Å²) in [5.41, 5.74) is 3.02. The number of para-hydroxylation sites is 2. The molecule has 2 amide bonds. The Morgan fingerprint density at radius 1 is 1.00 bits per heavy atom. The van der Waals surface area contributed by atoms with Crippen LogP contribution in [-0.4, -0.2) is 45.9 Å². The van der Waals surface area contributed by atoms with E-state index >= 15 is 0 Å². The Labute approximate surface area is 183 Å². The topological polar surface area (TPSA) is 79.3 Å². The van der Waals surface area contributed by atoms with Gasteiger partial charge < -0.3 is 14.8 Å². The second-order valence-corrected chi connectivity index (χ2v) is 7.78. The number of amides is 2. The molecule has 1 aromatic heterocycles. The van der Waals surface area contributed by atoms with E-state index in [4.69, 9.17) is 0 Å². The molecule has 2 aromatic carbocycles. The Bertz CT molecular complexity index is 1040. The van der Waals surface area contributed by atoms with Gasteiger partial charge in [-0.25, -0.2) is 4.98 Å². The molecule has 0 saturated heterocycles. The van der Waals surface area contributed by atoms with Crippen LogP contribution in [0.1, 0.15) is 38.1 Å². The highest BCUT2D eigenvalue weighted by atomic mass is 16.2. The molecule has 0 radical (unpaired) electrons. The number of imidazole rings is 1. The molecule has 3 aromatic rings. The van der Waals surface area contributed by atoms with Gasteiger partial charge in [0.25, 0.3) is 5.91 Å². The Hall–Kier alpha value is -3.19. The number of likely N-dealkylation sites (N-methyl/N-ethyl adjacent to an activating group) is 1. The summed E-state index contributed by atoms with van der Waals surface area (Å²) in [6, 6.07) is 14.8. The van der Waals surface area contributed by atoms with E-state index < -0.39 is 0 Å². The molecular weight excluding hydrogens is 390 g/mol. The molecule has 7 nitrogen and oxygen atoms in total. The van der Waals surface area contributed by atoms with Crippen molar-refractivity contribution in [3.63, 3.8) is 0 Å². The lowest BCUT2D eigenvalue weighted by Gasteiger charge is -2.19. The molecular formula is C24H31N5O2. The van der Waals surface area contributed by atoms with Crippen LogP contribution in [0.5, 0.6) is 0 Å². The fourth-order valence-corrected chi connectivity index (χ4v) is 3.34. The monoisotopic (exact) mass is 421 g/mol. The van der Waals surface area contributed by atoms with E-state index in [1.165, 1.54) is 0 Å². The van der Waals surface area contributed by atoms with Gasteiger partial charge in [0.2, 0.25) is 11.9 Å². The zero-order chi connectivity index (χ0) is 22.4. The largest absolute Gasteiger partial charge is 0.326 e. The summed E-state index contributed by atoms with van der Waals surface area (Å²) in [6.07, 6.45) is 0. The van der Waals surface area contributed by atoms with Crippen molar-refractivity contribution < 1.29 is 9.59 Å². The van der Waals surface area contributed by atoms with Crippen molar-refractivity contribution in [2.24, 2.45) is 5.92 Å². The second-order valence-electron chi connectivity index (χ2n) is 7.78. The number of aromatic nitrogens is 2.